The summed E-state index contributed by atoms with van der Waals surface area (Å²) in [5.74, 6) is 0.0848. The second-order valence-corrected chi connectivity index (χ2v) is 9.05. The molecule has 0 unspecified atom stereocenters. The number of sulfonamides is 1. The predicted molar refractivity (Wildman–Crippen MR) is 126 cm³/mol. The molecule has 11 heteroatoms. The normalized spacial score (nSPS) is 11.1. The summed E-state index contributed by atoms with van der Waals surface area (Å²) < 4.78 is 38.9. The molecular weight excluding hydrogens is 474 g/mol. The van der Waals surface area contributed by atoms with Crippen LogP contribution in [-0.2, 0) is 21.4 Å². The Morgan fingerprint density at radius 2 is 1.77 bits per heavy atom. The number of benzene rings is 3. The van der Waals surface area contributed by atoms with Crippen LogP contribution in [-0.4, -0.2) is 24.3 Å². The summed E-state index contributed by atoms with van der Waals surface area (Å²) in [7, 11) is -4.22. The number of aryl methyl sites for hydroxylation is 1. The van der Waals surface area contributed by atoms with E-state index in [-0.39, 0.29) is 28.4 Å². The van der Waals surface area contributed by atoms with Crippen LogP contribution in [0.4, 0.5) is 11.4 Å². The van der Waals surface area contributed by atoms with Gasteiger partial charge in [-0.1, -0.05) is 36.4 Å². The minimum absolute atomic E-state index is 0.0362. The number of aromatic nitrogens is 1. The third kappa shape index (κ3) is 5.36. The van der Waals surface area contributed by atoms with Crippen molar-refractivity contribution in [1.29, 1.82) is 0 Å². The molecule has 0 spiro atoms. The van der Waals surface area contributed by atoms with Crippen molar-refractivity contribution in [3.05, 3.63) is 106 Å². The van der Waals surface area contributed by atoms with Gasteiger partial charge in [-0.15, -0.1) is 0 Å². The molecule has 0 aliphatic carbocycles. The number of anilines is 1. The second-order valence-electron chi connectivity index (χ2n) is 7.37. The van der Waals surface area contributed by atoms with Crippen LogP contribution in [0.15, 0.2) is 88.2 Å². The third-order valence-corrected chi connectivity index (χ3v) is 6.35. The number of non-ortho nitro benzene ring substituents is 1. The van der Waals surface area contributed by atoms with E-state index in [0.717, 1.165) is 11.6 Å². The fourth-order valence-corrected chi connectivity index (χ4v) is 4.31. The first kappa shape index (κ1) is 23.6. The van der Waals surface area contributed by atoms with Crippen LogP contribution in [0.1, 0.15) is 21.8 Å². The number of hydrogen-bond donors (Lipinski definition) is 1. The van der Waals surface area contributed by atoms with Crippen molar-refractivity contribution in [3.63, 3.8) is 0 Å². The van der Waals surface area contributed by atoms with Crippen molar-refractivity contribution in [3.8, 4) is 11.5 Å². The lowest BCUT2D eigenvalue weighted by Crippen LogP contribution is -2.16. The van der Waals surface area contributed by atoms with Gasteiger partial charge in [0.2, 0.25) is 5.89 Å². The first-order valence-electron chi connectivity index (χ1n) is 10.3. The molecule has 1 aromatic heterocycles. The number of carbonyl (C=O) groups is 1. The van der Waals surface area contributed by atoms with Crippen LogP contribution in [0.3, 0.4) is 0 Å². The number of rotatable bonds is 8. The van der Waals surface area contributed by atoms with Crippen molar-refractivity contribution in [2.45, 2.75) is 18.4 Å². The lowest BCUT2D eigenvalue weighted by Gasteiger charge is -2.12. The van der Waals surface area contributed by atoms with Gasteiger partial charge in [-0.3, -0.25) is 14.8 Å². The Balaban J connectivity index is 1.51. The lowest BCUT2D eigenvalue weighted by atomic mass is 10.2. The van der Waals surface area contributed by atoms with E-state index < -0.39 is 20.9 Å². The molecule has 10 nitrogen and oxygen atoms in total. The Morgan fingerprint density at radius 3 is 2.51 bits per heavy atom. The molecule has 0 bridgehead atoms. The molecule has 0 amide bonds. The van der Waals surface area contributed by atoms with Gasteiger partial charge in [0, 0.05) is 17.7 Å². The Morgan fingerprint density at radius 1 is 1.06 bits per heavy atom. The molecule has 3 aromatic carbocycles. The molecule has 0 fully saturated rings. The van der Waals surface area contributed by atoms with E-state index in [1.54, 1.807) is 13.0 Å². The quantitative estimate of drug-likeness (QED) is 0.211. The highest BCUT2D eigenvalue weighted by Gasteiger charge is 2.22. The van der Waals surface area contributed by atoms with Crippen LogP contribution in [0.25, 0.3) is 11.5 Å². The number of carbonyl (C=O) groups excluding carboxylic acids is 1. The van der Waals surface area contributed by atoms with Gasteiger partial charge < -0.3 is 9.15 Å². The van der Waals surface area contributed by atoms with Crippen molar-refractivity contribution in [2.75, 3.05) is 4.72 Å². The Kier molecular flexibility index (Phi) is 6.60. The van der Waals surface area contributed by atoms with E-state index in [0.29, 0.717) is 17.3 Å². The Labute approximate surface area is 200 Å². The molecule has 0 aliphatic rings. The highest BCUT2D eigenvalue weighted by molar-refractivity contribution is 7.92. The number of nitro benzene ring substituents is 1. The Hall–Kier alpha value is -4.51. The molecule has 1 heterocycles. The standard InChI is InChI=1S/C24H19N3O7S/c1-16-22(25-23(34-16)17-8-3-2-4-9-17)15-33-24(28)20-12-5-6-13-21(20)26-35(31,32)19-11-7-10-18(14-19)27(29)30/h2-14,26H,15H2,1H3. The van der Waals surface area contributed by atoms with Gasteiger partial charge in [0.1, 0.15) is 18.1 Å². The first-order valence-corrected chi connectivity index (χ1v) is 11.8. The molecule has 0 aliphatic heterocycles. The minimum atomic E-state index is -4.22. The van der Waals surface area contributed by atoms with E-state index in [9.17, 15) is 23.3 Å². The highest BCUT2D eigenvalue weighted by Crippen LogP contribution is 2.25. The van der Waals surface area contributed by atoms with Crippen molar-refractivity contribution < 1.29 is 27.3 Å². The molecule has 0 saturated carbocycles. The topological polar surface area (TPSA) is 142 Å². The molecule has 0 saturated heterocycles. The molecule has 4 aromatic rings. The van der Waals surface area contributed by atoms with Gasteiger partial charge in [-0.25, -0.2) is 18.2 Å². The number of oxazole rings is 1. The van der Waals surface area contributed by atoms with Crippen molar-refractivity contribution in [1.82, 2.24) is 4.98 Å². The summed E-state index contributed by atoms with van der Waals surface area (Å²) in [6, 6.07) is 19.7. The Bertz CT molecular complexity index is 1500. The maximum Gasteiger partial charge on any atom is 0.340 e. The molecular formula is C24H19N3O7S. The van der Waals surface area contributed by atoms with E-state index in [1.807, 2.05) is 30.3 Å². The molecule has 1 N–H and O–H groups in total. The zero-order valence-corrected chi connectivity index (χ0v) is 19.2. The first-order chi connectivity index (χ1) is 16.7. The lowest BCUT2D eigenvalue weighted by molar-refractivity contribution is -0.385. The van der Waals surface area contributed by atoms with Crippen LogP contribution < -0.4 is 4.72 Å². The monoisotopic (exact) mass is 493 g/mol. The average Bonchev–Trinajstić information content (AvgIpc) is 3.23. The highest BCUT2D eigenvalue weighted by atomic mass is 32.2. The molecule has 35 heavy (non-hydrogen) atoms. The number of nitrogens with zero attached hydrogens (tertiary/aromatic N) is 2. The summed E-state index contributed by atoms with van der Waals surface area (Å²) in [5, 5.41) is 11.0. The number of hydrogen-bond acceptors (Lipinski definition) is 8. The minimum Gasteiger partial charge on any atom is -0.455 e. The summed E-state index contributed by atoms with van der Waals surface area (Å²) in [6.45, 7) is 1.51. The van der Waals surface area contributed by atoms with E-state index >= 15 is 0 Å². The number of nitro groups is 1. The number of nitrogens with one attached hydrogen (secondary N) is 1. The largest absolute Gasteiger partial charge is 0.455 e. The summed E-state index contributed by atoms with van der Waals surface area (Å²) >= 11 is 0. The van der Waals surface area contributed by atoms with Crippen molar-refractivity contribution in [2.24, 2.45) is 0 Å². The van der Waals surface area contributed by atoms with E-state index in [2.05, 4.69) is 9.71 Å². The molecule has 4 rings (SSSR count). The SMILES string of the molecule is Cc1oc(-c2ccccc2)nc1COC(=O)c1ccccc1NS(=O)(=O)c1cccc([N+](=O)[O-])c1. The maximum absolute atomic E-state index is 12.8. The summed E-state index contributed by atoms with van der Waals surface area (Å²) in [6.07, 6.45) is 0. The molecule has 178 valence electrons. The predicted octanol–water partition coefficient (Wildman–Crippen LogP) is 4.72. The smallest absolute Gasteiger partial charge is 0.340 e. The fraction of sp³-hybridized carbons (Fsp3) is 0.0833. The number of ether oxygens (including phenoxy) is 1. The van der Waals surface area contributed by atoms with Gasteiger partial charge in [0.25, 0.3) is 15.7 Å². The fourth-order valence-electron chi connectivity index (χ4n) is 3.20. The van der Waals surface area contributed by atoms with Gasteiger partial charge in [-0.05, 0) is 37.3 Å². The molecule has 0 radical (unpaired) electrons. The van der Waals surface area contributed by atoms with Gasteiger partial charge in [0.15, 0.2) is 0 Å². The van der Waals surface area contributed by atoms with Crippen LogP contribution in [0, 0.1) is 17.0 Å². The summed E-state index contributed by atoms with van der Waals surface area (Å²) in [5.41, 5.74) is 0.746. The van der Waals surface area contributed by atoms with Crippen LogP contribution in [0.2, 0.25) is 0 Å². The zero-order valence-electron chi connectivity index (χ0n) is 18.4. The van der Waals surface area contributed by atoms with E-state index in [1.165, 1.54) is 36.4 Å². The average molecular weight is 493 g/mol. The second kappa shape index (κ2) is 9.77. The van der Waals surface area contributed by atoms with Gasteiger partial charge in [0.05, 0.1) is 21.1 Å². The van der Waals surface area contributed by atoms with Crippen LogP contribution in [0.5, 0.6) is 0 Å². The van der Waals surface area contributed by atoms with Crippen LogP contribution >= 0.6 is 0 Å². The zero-order chi connectivity index (χ0) is 25.0. The van der Waals surface area contributed by atoms with E-state index in [4.69, 9.17) is 9.15 Å². The van der Waals surface area contributed by atoms with Gasteiger partial charge in [-0.2, -0.15) is 0 Å². The number of para-hydroxylation sites is 1. The molecule has 0 atom stereocenters. The maximum atomic E-state index is 12.8. The van der Waals surface area contributed by atoms with Crippen molar-refractivity contribution >= 4 is 27.4 Å². The number of esters is 1. The van der Waals surface area contributed by atoms with Gasteiger partial charge >= 0.3 is 5.97 Å². The third-order valence-electron chi connectivity index (χ3n) is 4.98. The summed E-state index contributed by atoms with van der Waals surface area (Å²) in [4.78, 5) is 27.1.